The molecule has 0 atom stereocenters. The lowest BCUT2D eigenvalue weighted by Gasteiger charge is -2.42. The minimum absolute atomic E-state index is 0.0216. The second kappa shape index (κ2) is 10.4. The van der Waals surface area contributed by atoms with Gasteiger partial charge in [0.25, 0.3) is 0 Å². The molecule has 7 nitrogen and oxygen atoms in total. The maximum atomic E-state index is 14.1. The maximum Gasteiger partial charge on any atom is 0.350 e. The van der Waals surface area contributed by atoms with Gasteiger partial charge < -0.3 is 23.8 Å². The Labute approximate surface area is 217 Å². The van der Waals surface area contributed by atoms with Crippen LogP contribution in [0.5, 0.6) is 0 Å². The number of thiophene rings is 1. The van der Waals surface area contributed by atoms with Crippen LogP contribution >= 0.6 is 11.3 Å². The van der Waals surface area contributed by atoms with Crippen molar-refractivity contribution in [1.29, 1.82) is 0 Å². The molecule has 4 fully saturated rings. The minimum Gasteiger partial charge on any atom is -0.465 e. The van der Waals surface area contributed by atoms with Crippen molar-refractivity contribution in [3.05, 3.63) is 15.8 Å². The fraction of sp³-hybridized carbons (Fsp3) is 0.714. The molecule has 4 aliphatic rings. The first-order chi connectivity index (χ1) is 17.3. The molecule has 0 radical (unpaired) electrons. The van der Waals surface area contributed by atoms with Crippen LogP contribution in [-0.4, -0.2) is 57.2 Å². The zero-order valence-corrected chi connectivity index (χ0v) is 22.4. The number of rotatable bonds is 4. The molecule has 1 aromatic heterocycles. The number of methoxy groups -OCH3 is 1. The fourth-order valence-electron chi connectivity index (χ4n) is 5.84. The molecule has 2 aliphatic heterocycles. The van der Waals surface area contributed by atoms with E-state index in [-0.39, 0.29) is 23.3 Å². The summed E-state index contributed by atoms with van der Waals surface area (Å²) in [5.74, 6) is 6.37. The molecular weight excluding hydrogens is 478 g/mol. The van der Waals surface area contributed by atoms with Crippen molar-refractivity contribution in [1.82, 2.24) is 0 Å². The molecule has 2 saturated heterocycles. The molecule has 1 spiro atoms. The summed E-state index contributed by atoms with van der Waals surface area (Å²) < 4.78 is 22.4. The molecule has 8 heteroatoms. The third kappa shape index (κ3) is 5.22. The molecule has 2 saturated carbocycles. The summed E-state index contributed by atoms with van der Waals surface area (Å²) in [4.78, 5) is 30.2. The molecule has 0 unspecified atom stereocenters. The Kier molecular flexibility index (Phi) is 7.46. The number of nitrogens with zero attached hydrogens (tertiary/aromatic N) is 1. The van der Waals surface area contributed by atoms with Gasteiger partial charge in [0, 0.05) is 24.8 Å². The molecule has 5 rings (SSSR count). The van der Waals surface area contributed by atoms with Gasteiger partial charge in [0.15, 0.2) is 5.79 Å². The van der Waals surface area contributed by atoms with Crippen molar-refractivity contribution >= 4 is 28.9 Å². The molecule has 1 amide bonds. The zero-order chi connectivity index (χ0) is 25.3. The molecule has 0 aromatic carbocycles. The van der Waals surface area contributed by atoms with Crippen LogP contribution in [0.4, 0.5) is 5.69 Å². The van der Waals surface area contributed by atoms with Crippen molar-refractivity contribution in [2.75, 3.05) is 38.4 Å². The van der Waals surface area contributed by atoms with Crippen LogP contribution in [0.1, 0.15) is 79.8 Å². The predicted molar refractivity (Wildman–Crippen MR) is 137 cm³/mol. The monoisotopic (exact) mass is 515 g/mol. The van der Waals surface area contributed by atoms with Gasteiger partial charge in [-0.3, -0.25) is 4.79 Å². The highest BCUT2D eigenvalue weighted by atomic mass is 32.1. The number of hydrogen-bond donors (Lipinski definition) is 0. The summed E-state index contributed by atoms with van der Waals surface area (Å²) in [6.07, 6.45) is 6.92. The zero-order valence-electron chi connectivity index (χ0n) is 21.6. The van der Waals surface area contributed by atoms with E-state index in [1.807, 2.05) is 11.0 Å². The van der Waals surface area contributed by atoms with Gasteiger partial charge in [-0.25, -0.2) is 4.79 Å². The third-order valence-corrected chi connectivity index (χ3v) is 9.19. The average molecular weight is 516 g/mol. The summed E-state index contributed by atoms with van der Waals surface area (Å²) >= 11 is 1.31. The Hall–Kier alpha value is -1.92. The highest BCUT2D eigenvalue weighted by Gasteiger charge is 2.44. The summed E-state index contributed by atoms with van der Waals surface area (Å²) in [5, 5.41) is 0. The number of hydrogen-bond acceptors (Lipinski definition) is 7. The second-order valence-electron chi connectivity index (χ2n) is 11.1. The van der Waals surface area contributed by atoms with Gasteiger partial charge in [-0.2, -0.15) is 0 Å². The lowest BCUT2D eigenvalue weighted by Crippen LogP contribution is -2.49. The predicted octanol–water partition coefficient (Wildman–Crippen LogP) is 4.77. The van der Waals surface area contributed by atoms with Gasteiger partial charge >= 0.3 is 5.97 Å². The summed E-state index contributed by atoms with van der Waals surface area (Å²) in [6, 6.07) is 1.90. The quantitative estimate of drug-likeness (QED) is 0.425. The van der Waals surface area contributed by atoms with E-state index in [1.165, 1.54) is 18.4 Å². The van der Waals surface area contributed by atoms with Crippen LogP contribution in [0.3, 0.4) is 0 Å². The first-order valence-corrected chi connectivity index (χ1v) is 14.1. The van der Waals surface area contributed by atoms with Gasteiger partial charge in [-0.1, -0.05) is 18.8 Å². The Morgan fingerprint density at radius 1 is 1.08 bits per heavy atom. The van der Waals surface area contributed by atoms with Crippen molar-refractivity contribution in [2.45, 2.75) is 77.0 Å². The van der Waals surface area contributed by atoms with Crippen molar-refractivity contribution in [2.24, 2.45) is 17.3 Å². The highest BCUT2D eigenvalue weighted by Crippen LogP contribution is 2.42. The first kappa shape index (κ1) is 25.7. The van der Waals surface area contributed by atoms with Crippen LogP contribution in [-0.2, 0) is 23.7 Å². The van der Waals surface area contributed by atoms with Gasteiger partial charge in [-0.05, 0) is 57.4 Å². The molecule has 36 heavy (non-hydrogen) atoms. The number of carbonyl (C=O) groups is 2. The third-order valence-electron chi connectivity index (χ3n) is 8.17. The van der Waals surface area contributed by atoms with E-state index in [4.69, 9.17) is 18.9 Å². The standard InChI is InChI=1S/C28H37NO6S/c1-19-4-6-20(7-5-19)25(30)29(21-8-12-28(13-9-21)34-14-15-35-28)23-16-22(36-24(23)26(31)32-3)10-11-27(2)17-33-18-27/h16,19-21H,4-9,12-15,17-18H2,1-3H3. The maximum absolute atomic E-state index is 14.1. The average Bonchev–Trinajstić information content (AvgIpc) is 3.50. The highest BCUT2D eigenvalue weighted by molar-refractivity contribution is 7.15. The Morgan fingerprint density at radius 3 is 2.33 bits per heavy atom. The Balaban J connectivity index is 1.47. The van der Waals surface area contributed by atoms with E-state index in [2.05, 4.69) is 25.7 Å². The minimum atomic E-state index is -0.512. The fourth-order valence-corrected chi connectivity index (χ4v) is 6.76. The topological polar surface area (TPSA) is 74.3 Å². The largest absolute Gasteiger partial charge is 0.465 e. The number of carbonyl (C=O) groups excluding carboxylic acids is 2. The Morgan fingerprint density at radius 2 is 1.75 bits per heavy atom. The molecule has 0 N–H and O–H groups in total. The lowest BCUT2D eigenvalue weighted by molar-refractivity contribution is -0.179. The van der Waals surface area contributed by atoms with Crippen molar-refractivity contribution in [3.63, 3.8) is 0 Å². The van der Waals surface area contributed by atoms with Crippen LogP contribution in [0.2, 0.25) is 0 Å². The number of esters is 1. The Bertz CT molecular complexity index is 1030. The second-order valence-corrected chi connectivity index (χ2v) is 12.2. The van der Waals surface area contributed by atoms with Crippen molar-refractivity contribution < 1.29 is 28.5 Å². The number of ether oxygens (including phenoxy) is 4. The lowest BCUT2D eigenvalue weighted by atomic mass is 9.81. The summed E-state index contributed by atoms with van der Waals surface area (Å²) in [7, 11) is 1.39. The number of amides is 1. The van der Waals surface area contributed by atoms with E-state index >= 15 is 0 Å². The van der Waals surface area contributed by atoms with Gasteiger partial charge in [0.05, 0.1) is 49.5 Å². The van der Waals surface area contributed by atoms with Crippen molar-refractivity contribution in [3.8, 4) is 11.8 Å². The van der Waals surface area contributed by atoms with E-state index in [1.54, 1.807) is 0 Å². The molecule has 0 bridgehead atoms. The van der Waals surface area contributed by atoms with Gasteiger partial charge in [-0.15, -0.1) is 11.3 Å². The SMILES string of the molecule is COC(=O)c1sc(C#CC2(C)COC2)cc1N(C(=O)C1CCC(C)CC1)C1CCC2(CC1)OCCO2. The van der Waals surface area contributed by atoms with E-state index in [0.29, 0.717) is 42.9 Å². The van der Waals surface area contributed by atoms with E-state index < -0.39 is 11.8 Å². The normalized spacial score (nSPS) is 27.1. The summed E-state index contributed by atoms with van der Waals surface area (Å²) in [5.41, 5.74) is 0.479. The summed E-state index contributed by atoms with van der Waals surface area (Å²) in [6.45, 7) is 6.80. The molecule has 2 aliphatic carbocycles. The molecule has 1 aromatic rings. The van der Waals surface area contributed by atoms with E-state index in [9.17, 15) is 9.59 Å². The van der Waals surface area contributed by atoms with E-state index in [0.717, 1.165) is 56.2 Å². The van der Waals surface area contributed by atoms with Crippen LogP contribution < -0.4 is 4.90 Å². The smallest absolute Gasteiger partial charge is 0.350 e. The van der Waals surface area contributed by atoms with Gasteiger partial charge in [0.1, 0.15) is 4.88 Å². The van der Waals surface area contributed by atoms with Crippen LogP contribution in [0.25, 0.3) is 0 Å². The van der Waals surface area contributed by atoms with Crippen LogP contribution in [0.15, 0.2) is 6.07 Å². The van der Waals surface area contributed by atoms with Crippen LogP contribution in [0, 0.1) is 29.1 Å². The molecule has 196 valence electrons. The molecule has 3 heterocycles. The van der Waals surface area contributed by atoms with Gasteiger partial charge in [0.2, 0.25) is 5.91 Å². The number of anilines is 1. The first-order valence-electron chi connectivity index (χ1n) is 13.3. The molecular formula is C28H37NO6S.